The minimum Gasteiger partial charge on any atom is -0.487 e. The summed E-state index contributed by atoms with van der Waals surface area (Å²) < 4.78 is 7.86. The molecule has 0 atom stereocenters. The summed E-state index contributed by atoms with van der Waals surface area (Å²) >= 11 is 4.46. The zero-order chi connectivity index (χ0) is 22.8. The molecule has 0 fully saturated rings. The number of carbonyl (C=O) groups is 1. The van der Waals surface area contributed by atoms with E-state index in [1.54, 1.807) is 17.0 Å². The highest BCUT2D eigenvalue weighted by atomic mass is 127. The standard InChI is InChI=1S/C24H18I2N2O4/c1-2-27-22-6-4-3-5-18(22)19(24(27)29)11-16-12-20(25)23(21(26)13-16)32-14-15-7-9-17(10-8-15)28(30)31/h3-13H,2,14H2,1H3/b19-11-. The molecular formula is C24H18I2N2O4. The van der Waals surface area contributed by atoms with Crippen LogP contribution in [0.4, 0.5) is 11.4 Å². The molecule has 32 heavy (non-hydrogen) atoms. The first-order chi connectivity index (χ1) is 15.4. The molecule has 3 aromatic carbocycles. The van der Waals surface area contributed by atoms with Crippen LogP contribution >= 0.6 is 45.2 Å². The zero-order valence-electron chi connectivity index (χ0n) is 17.0. The maximum absolute atomic E-state index is 12.9. The molecule has 0 aromatic heterocycles. The summed E-state index contributed by atoms with van der Waals surface area (Å²) in [5.74, 6) is 0.761. The van der Waals surface area contributed by atoms with Gasteiger partial charge in [0.05, 0.1) is 17.8 Å². The Morgan fingerprint density at radius 2 is 1.72 bits per heavy atom. The van der Waals surface area contributed by atoms with Crippen molar-refractivity contribution in [2.24, 2.45) is 0 Å². The van der Waals surface area contributed by atoms with Gasteiger partial charge in [0.25, 0.3) is 11.6 Å². The Hall–Kier alpha value is -2.47. The van der Waals surface area contributed by atoms with E-state index in [4.69, 9.17) is 4.74 Å². The summed E-state index contributed by atoms with van der Waals surface area (Å²) in [4.78, 5) is 25.1. The van der Waals surface area contributed by atoms with Gasteiger partial charge in [0.15, 0.2) is 0 Å². The third-order valence-corrected chi connectivity index (χ3v) is 6.74. The molecular weight excluding hydrogens is 634 g/mol. The van der Waals surface area contributed by atoms with Crippen LogP contribution < -0.4 is 9.64 Å². The second-order valence-electron chi connectivity index (χ2n) is 7.15. The van der Waals surface area contributed by atoms with Crippen molar-refractivity contribution in [2.75, 3.05) is 11.4 Å². The third kappa shape index (κ3) is 4.51. The number of anilines is 1. The molecule has 0 saturated heterocycles. The molecule has 162 valence electrons. The lowest BCUT2D eigenvalue weighted by atomic mass is 10.0. The van der Waals surface area contributed by atoms with Gasteiger partial charge in [-0.3, -0.25) is 14.9 Å². The number of halogens is 2. The van der Waals surface area contributed by atoms with Crippen LogP contribution in [0.2, 0.25) is 0 Å². The summed E-state index contributed by atoms with van der Waals surface area (Å²) in [5.41, 5.74) is 4.41. The van der Waals surface area contributed by atoms with Crippen LogP contribution in [0.1, 0.15) is 23.6 Å². The van der Waals surface area contributed by atoms with Gasteiger partial charge in [-0.1, -0.05) is 18.2 Å². The highest BCUT2D eigenvalue weighted by molar-refractivity contribution is 14.1. The molecule has 8 heteroatoms. The number of carbonyl (C=O) groups excluding carboxylic acids is 1. The number of hydrogen-bond donors (Lipinski definition) is 0. The Bertz CT molecular complexity index is 1220. The Morgan fingerprint density at radius 1 is 1.06 bits per heavy atom. The number of ether oxygens (including phenoxy) is 1. The minimum atomic E-state index is -0.420. The van der Waals surface area contributed by atoms with Gasteiger partial charge in [-0.15, -0.1) is 0 Å². The molecule has 1 aliphatic rings. The lowest BCUT2D eigenvalue weighted by Crippen LogP contribution is -2.25. The molecule has 0 spiro atoms. The van der Waals surface area contributed by atoms with Crippen molar-refractivity contribution in [1.29, 1.82) is 0 Å². The molecule has 1 amide bonds. The first kappa shape index (κ1) is 22.7. The number of amides is 1. The second-order valence-corrected chi connectivity index (χ2v) is 9.47. The van der Waals surface area contributed by atoms with Crippen molar-refractivity contribution in [3.8, 4) is 5.75 Å². The summed E-state index contributed by atoms with van der Waals surface area (Å²) in [5, 5.41) is 10.8. The van der Waals surface area contributed by atoms with Crippen LogP contribution in [0, 0.1) is 17.3 Å². The van der Waals surface area contributed by atoms with E-state index in [2.05, 4.69) is 45.2 Å². The van der Waals surface area contributed by atoms with Gasteiger partial charge in [-0.2, -0.15) is 0 Å². The first-order valence-electron chi connectivity index (χ1n) is 9.87. The molecule has 0 saturated carbocycles. The average Bonchev–Trinajstić information content (AvgIpc) is 3.04. The Kier molecular flexibility index (Phi) is 6.79. The van der Waals surface area contributed by atoms with Gasteiger partial charge in [-0.25, -0.2) is 0 Å². The van der Waals surface area contributed by atoms with Gasteiger partial charge in [0, 0.05) is 29.8 Å². The molecule has 3 aromatic rings. The van der Waals surface area contributed by atoms with E-state index >= 15 is 0 Å². The number of nitro benzene ring substituents is 1. The Labute approximate surface area is 212 Å². The fraction of sp³-hybridized carbons (Fsp3) is 0.125. The predicted octanol–water partition coefficient (Wildman–Crippen LogP) is 6.29. The Balaban J connectivity index is 1.58. The molecule has 1 aliphatic heterocycles. The lowest BCUT2D eigenvalue weighted by Gasteiger charge is -2.13. The van der Waals surface area contributed by atoms with E-state index < -0.39 is 4.92 Å². The van der Waals surface area contributed by atoms with Crippen molar-refractivity contribution >= 4 is 74.1 Å². The van der Waals surface area contributed by atoms with Crippen LogP contribution in [0.3, 0.4) is 0 Å². The molecule has 0 aliphatic carbocycles. The summed E-state index contributed by atoms with van der Waals surface area (Å²) in [7, 11) is 0. The van der Waals surface area contributed by atoms with Crippen LogP contribution in [0.5, 0.6) is 5.75 Å². The van der Waals surface area contributed by atoms with Crippen molar-refractivity contribution in [3.63, 3.8) is 0 Å². The number of hydrogen-bond acceptors (Lipinski definition) is 4. The summed E-state index contributed by atoms with van der Waals surface area (Å²) in [6.07, 6.45) is 1.93. The maximum atomic E-state index is 12.9. The SMILES string of the molecule is CCN1C(=O)/C(=C\c2cc(I)c(OCc3ccc([N+](=O)[O-])cc3)c(I)c2)c2ccccc21. The van der Waals surface area contributed by atoms with Gasteiger partial charge in [-0.05, 0) is 99.6 Å². The summed E-state index contributed by atoms with van der Waals surface area (Å²) in [6.45, 7) is 2.90. The van der Waals surface area contributed by atoms with Gasteiger partial charge < -0.3 is 9.64 Å². The number of non-ortho nitro benzene ring substituents is 1. The smallest absolute Gasteiger partial charge is 0.269 e. The number of nitro groups is 1. The molecule has 0 N–H and O–H groups in total. The fourth-order valence-electron chi connectivity index (χ4n) is 3.60. The number of likely N-dealkylation sites (N-methyl/N-ethyl adjacent to an activating group) is 1. The van der Waals surface area contributed by atoms with E-state index in [-0.39, 0.29) is 11.6 Å². The van der Waals surface area contributed by atoms with Crippen LogP contribution in [-0.4, -0.2) is 17.4 Å². The molecule has 0 unspecified atom stereocenters. The number of benzene rings is 3. The van der Waals surface area contributed by atoms with E-state index in [0.717, 1.165) is 35.3 Å². The van der Waals surface area contributed by atoms with Crippen molar-refractivity contribution in [1.82, 2.24) is 0 Å². The number of rotatable bonds is 6. The molecule has 4 rings (SSSR count). The molecule has 6 nitrogen and oxygen atoms in total. The van der Waals surface area contributed by atoms with Crippen LogP contribution in [0.15, 0.2) is 60.7 Å². The van der Waals surface area contributed by atoms with Crippen molar-refractivity contribution in [2.45, 2.75) is 13.5 Å². The largest absolute Gasteiger partial charge is 0.487 e. The van der Waals surface area contributed by atoms with Gasteiger partial charge >= 0.3 is 0 Å². The molecule has 1 heterocycles. The van der Waals surface area contributed by atoms with Gasteiger partial charge in [0.2, 0.25) is 0 Å². The van der Waals surface area contributed by atoms with Crippen molar-refractivity contribution in [3.05, 3.63) is 94.6 Å². The highest BCUT2D eigenvalue weighted by Crippen LogP contribution is 2.38. The first-order valence-corrected chi connectivity index (χ1v) is 12.0. The second kappa shape index (κ2) is 9.57. The number of fused-ring (bicyclic) bond motifs is 1. The lowest BCUT2D eigenvalue weighted by molar-refractivity contribution is -0.384. The van der Waals surface area contributed by atoms with E-state index in [0.29, 0.717) is 18.7 Å². The van der Waals surface area contributed by atoms with Crippen LogP contribution in [0.25, 0.3) is 11.6 Å². The van der Waals surface area contributed by atoms with Crippen LogP contribution in [-0.2, 0) is 11.4 Å². The maximum Gasteiger partial charge on any atom is 0.269 e. The van der Waals surface area contributed by atoms with E-state index in [9.17, 15) is 14.9 Å². The highest BCUT2D eigenvalue weighted by Gasteiger charge is 2.30. The zero-order valence-corrected chi connectivity index (χ0v) is 21.4. The quantitative estimate of drug-likeness (QED) is 0.136. The number of nitrogens with zero attached hydrogens (tertiary/aromatic N) is 2. The Morgan fingerprint density at radius 3 is 2.34 bits per heavy atom. The average molecular weight is 652 g/mol. The van der Waals surface area contributed by atoms with E-state index in [1.807, 2.05) is 49.4 Å². The topological polar surface area (TPSA) is 72.7 Å². The minimum absolute atomic E-state index is 0.0113. The van der Waals surface area contributed by atoms with Crippen molar-refractivity contribution < 1.29 is 14.5 Å². The third-order valence-electron chi connectivity index (χ3n) is 5.14. The fourth-order valence-corrected chi connectivity index (χ4v) is 5.72. The van der Waals surface area contributed by atoms with Gasteiger partial charge in [0.1, 0.15) is 12.4 Å². The molecule has 0 bridgehead atoms. The summed E-state index contributed by atoms with van der Waals surface area (Å²) in [6, 6.07) is 18.2. The predicted molar refractivity (Wildman–Crippen MR) is 142 cm³/mol. The monoisotopic (exact) mass is 652 g/mol. The number of para-hydroxylation sites is 1. The van der Waals surface area contributed by atoms with E-state index in [1.165, 1.54) is 12.1 Å². The normalized spacial score (nSPS) is 14.0. The molecule has 0 radical (unpaired) electrons.